The summed E-state index contributed by atoms with van der Waals surface area (Å²) in [5.74, 6) is 0.188. The number of rotatable bonds is 3. The van der Waals surface area contributed by atoms with E-state index in [-0.39, 0.29) is 11.3 Å². The molecule has 0 atom stereocenters. The van der Waals surface area contributed by atoms with Gasteiger partial charge in [-0.15, -0.1) is 0 Å². The highest BCUT2D eigenvalue weighted by atomic mass is 16.2. The van der Waals surface area contributed by atoms with Crippen molar-refractivity contribution in [3.8, 4) is 0 Å². The maximum Gasteiger partial charge on any atom is 0.230 e. The molecule has 22 heavy (non-hydrogen) atoms. The standard InChI is InChI=1S/C19H28N2O/c1-19(12-4-5-13-19)18(22)20-16-8-10-17(11-9-16)21-14-6-2-3-7-15-21/h8-11H,2-7,12-15H2,1H3,(H,20,22). The SMILES string of the molecule is CC1(C(=O)Nc2ccc(N3CCCCCC3)cc2)CCCC1. The first-order chi connectivity index (χ1) is 10.7. The van der Waals surface area contributed by atoms with Crippen LogP contribution >= 0.6 is 0 Å². The summed E-state index contributed by atoms with van der Waals surface area (Å²) in [5.41, 5.74) is 2.05. The van der Waals surface area contributed by atoms with Gasteiger partial charge in [-0.2, -0.15) is 0 Å². The molecular weight excluding hydrogens is 272 g/mol. The monoisotopic (exact) mass is 300 g/mol. The zero-order chi connectivity index (χ0) is 15.4. The normalized spacial score (nSPS) is 21.4. The minimum Gasteiger partial charge on any atom is -0.372 e. The van der Waals surface area contributed by atoms with Crippen LogP contribution in [0.2, 0.25) is 0 Å². The molecule has 1 aliphatic carbocycles. The second kappa shape index (κ2) is 6.72. The number of benzene rings is 1. The summed E-state index contributed by atoms with van der Waals surface area (Å²) in [5, 5.41) is 3.11. The number of nitrogens with one attached hydrogen (secondary N) is 1. The van der Waals surface area contributed by atoms with Crippen LogP contribution in [0.4, 0.5) is 11.4 Å². The Bertz CT molecular complexity index is 495. The van der Waals surface area contributed by atoms with Crippen LogP contribution in [-0.4, -0.2) is 19.0 Å². The summed E-state index contributed by atoms with van der Waals surface area (Å²) in [6.45, 7) is 4.41. The Kier molecular flexibility index (Phi) is 4.70. The molecule has 3 rings (SSSR count). The Hall–Kier alpha value is -1.51. The predicted octanol–water partition coefficient (Wildman–Crippen LogP) is 4.59. The van der Waals surface area contributed by atoms with Crippen LogP contribution in [0.25, 0.3) is 0 Å². The summed E-state index contributed by atoms with van der Waals surface area (Å²) in [4.78, 5) is 14.9. The van der Waals surface area contributed by atoms with Crippen LogP contribution in [-0.2, 0) is 4.79 Å². The highest BCUT2D eigenvalue weighted by molar-refractivity contribution is 5.95. The average molecular weight is 300 g/mol. The molecular formula is C19H28N2O. The Morgan fingerprint density at radius 3 is 2.14 bits per heavy atom. The highest BCUT2D eigenvalue weighted by Gasteiger charge is 2.36. The Labute approximate surface area is 134 Å². The van der Waals surface area contributed by atoms with Crippen molar-refractivity contribution >= 4 is 17.3 Å². The summed E-state index contributed by atoms with van der Waals surface area (Å²) >= 11 is 0. The van der Waals surface area contributed by atoms with Gasteiger partial charge in [0, 0.05) is 29.9 Å². The number of anilines is 2. The molecule has 3 heteroatoms. The quantitative estimate of drug-likeness (QED) is 0.885. The van der Waals surface area contributed by atoms with E-state index in [4.69, 9.17) is 0 Å². The molecule has 1 amide bonds. The van der Waals surface area contributed by atoms with Crippen molar-refractivity contribution in [3.63, 3.8) is 0 Å². The van der Waals surface area contributed by atoms with Crippen LogP contribution in [0.3, 0.4) is 0 Å². The molecule has 1 aromatic carbocycles. The molecule has 2 aliphatic rings. The van der Waals surface area contributed by atoms with E-state index in [0.717, 1.165) is 31.6 Å². The lowest BCUT2D eigenvalue weighted by molar-refractivity contribution is -0.124. The molecule has 1 saturated heterocycles. The molecule has 1 aliphatic heterocycles. The van der Waals surface area contributed by atoms with E-state index in [0.29, 0.717) is 0 Å². The van der Waals surface area contributed by atoms with Crippen molar-refractivity contribution in [1.82, 2.24) is 0 Å². The van der Waals surface area contributed by atoms with Gasteiger partial charge in [0.2, 0.25) is 5.91 Å². The van der Waals surface area contributed by atoms with Gasteiger partial charge in [0.05, 0.1) is 0 Å². The molecule has 1 heterocycles. The zero-order valence-electron chi connectivity index (χ0n) is 13.7. The highest BCUT2D eigenvalue weighted by Crippen LogP contribution is 2.38. The lowest BCUT2D eigenvalue weighted by Gasteiger charge is -2.24. The molecule has 0 radical (unpaired) electrons. The molecule has 3 nitrogen and oxygen atoms in total. The van der Waals surface area contributed by atoms with Crippen molar-refractivity contribution in [2.75, 3.05) is 23.3 Å². The third kappa shape index (κ3) is 3.45. The maximum absolute atomic E-state index is 12.4. The second-order valence-electron chi connectivity index (χ2n) is 7.17. The Morgan fingerprint density at radius 2 is 1.55 bits per heavy atom. The topological polar surface area (TPSA) is 32.3 Å². The van der Waals surface area contributed by atoms with Crippen molar-refractivity contribution in [1.29, 1.82) is 0 Å². The predicted molar refractivity (Wildman–Crippen MR) is 92.3 cm³/mol. The third-order valence-corrected chi connectivity index (χ3v) is 5.35. The van der Waals surface area contributed by atoms with E-state index in [1.165, 1.54) is 44.2 Å². The zero-order valence-corrected chi connectivity index (χ0v) is 13.7. The van der Waals surface area contributed by atoms with E-state index in [2.05, 4.69) is 41.4 Å². The van der Waals surface area contributed by atoms with E-state index < -0.39 is 0 Å². The van der Waals surface area contributed by atoms with Crippen molar-refractivity contribution in [3.05, 3.63) is 24.3 Å². The fraction of sp³-hybridized carbons (Fsp3) is 0.632. The Morgan fingerprint density at radius 1 is 0.955 bits per heavy atom. The number of amides is 1. The number of carbonyl (C=O) groups is 1. The lowest BCUT2D eigenvalue weighted by atomic mass is 9.88. The van der Waals surface area contributed by atoms with E-state index >= 15 is 0 Å². The smallest absolute Gasteiger partial charge is 0.230 e. The first-order valence-corrected chi connectivity index (χ1v) is 8.84. The fourth-order valence-corrected chi connectivity index (χ4v) is 3.75. The number of carbonyl (C=O) groups excluding carboxylic acids is 1. The van der Waals surface area contributed by atoms with Gasteiger partial charge < -0.3 is 10.2 Å². The van der Waals surface area contributed by atoms with Gasteiger partial charge >= 0.3 is 0 Å². The summed E-state index contributed by atoms with van der Waals surface area (Å²) in [6, 6.07) is 8.41. The van der Waals surface area contributed by atoms with Gasteiger partial charge in [0.25, 0.3) is 0 Å². The third-order valence-electron chi connectivity index (χ3n) is 5.35. The lowest BCUT2D eigenvalue weighted by Crippen LogP contribution is -2.30. The summed E-state index contributed by atoms with van der Waals surface area (Å²) in [7, 11) is 0. The van der Waals surface area contributed by atoms with Gasteiger partial charge in [-0.05, 0) is 49.9 Å². The second-order valence-corrected chi connectivity index (χ2v) is 7.17. The summed E-state index contributed by atoms with van der Waals surface area (Å²) < 4.78 is 0. The van der Waals surface area contributed by atoms with Crippen molar-refractivity contribution in [2.24, 2.45) is 5.41 Å². The molecule has 0 spiro atoms. The van der Waals surface area contributed by atoms with Crippen LogP contribution in [0.5, 0.6) is 0 Å². The number of hydrogen-bond acceptors (Lipinski definition) is 2. The summed E-state index contributed by atoms with van der Waals surface area (Å²) in [6.07, 6.45) is 9.67. The fourth-order valence-electron chi connectivity index (χ4n) is 3.75. The number of nitrogens with zero attached hydrogens (tertiary/aromatic N) is 1. The van der Waals surface area contributed by atoms with E-state index in [9.17, 15) is 4.79 Å². The molecule has 2 fully saturated rings. The molecule has 0 unspecified atom stereocenters. The van der Waals surface area contributed by atoms with Gasteiger partial charge in [-0.1, -0.05) is 32.6 Å². The minimum atomic E-state index is -0.163. The average Bonchev–Trinajstić information content (AvgIpc) is 2.82. The van der Waals surface area contributed by atoms with Crippen molar-refractivity contribution < 1.29 is 4.79 Å². The molecule has 1 N–H and O–H groups in total. The first kappa shape index (κ1) is 15.4. The molecule has 0 aromatic heterocycles. The minimum absolute atomic E-state index is 0.163. The van der Waals surface area contributed by atoms with Crippen molar-refractivity contribution in [2.45, 2.75) is 58.3 Å². The van der Waals surface area contributed by atoms with Gasteiger partial charge in [-0.3, -0.25) is 4.79 Å². The van der Waals surface area contributed by atoms with Crippen LogP contribution in [0, 0.1) is 5.41 Å². The van der Waals surface area contributed by atoms with Crippen LogP contribution < -0.4 is 10.2 Å². The largest absolute Gasteiger partial charge is 0.372 e. The van der Waals surface area contributed by atoms with Crippen LogP contribution in [0.15, 0.2) is 24.3 Å². The van der Waals surface area contributed by atoms with E-state index in [1.807, 2.05) is 0 Å². The number of hydrogen-bond donors (Lipinski definition) is 1. The molecule has 1 saturated carbocycles. The molecule has 120 valence electrons. The maximum atomic E-state index is 12.4. The van der Waals surface area contributed by atoms with Gasteiger partial charge in [0.15, 0.2) is 0 Å². The van der Waals surface area contributed by atoms with Gasteiger partial charge in [-0.25, -0.2) is 0 Å². The van der Waals surface area contributed by atoms with Crippen LogP contribution in [0.1, 0.15) is 58.3 Å². The molecule has 0 bridgehead atoms. The first-order valence-electron chi connectivity index (χ1n) is 8.84. The van der Waals surface area contributed by atoms with E-state index in [1.54, 1.807) is 0 Å². The Balaban J connectivity index is 1.62. The van der Waals surface area contributed by atoms with Gasteiger partial charge in [0.1, 0.15) is 0 Å². The molecule has 1 aromatic rings.